The SMILES string of the molecule is Cl.N[C@H](CC(=O)O)Cc1cc(-c2ccccc2)ccc1Oc1ncc(-c2ccn[nH]2)cc1F. The summed E-state index contributed by atoms with van der Waals surface area (Å²) >= 11 is 0. The number of carboxylic acid groups (broad SMARTS) is 1. The van der Waals surface area contributed by atoms with Gasteiger partial charge in [0.1, 0.15) is 5.75 Å². The zero-order valence-electron chi connectivity index (χ0n) is 17.4. The summed E-state index contributed by atoms with van der Waals surface area (Å²) in [6, 6.07) is 17.6. The van der Waals surface area contributed by atoms with Gasteiger partial charge in [-0.25, -0.2) is 9.37 Å². The highest BCUT2D eigenvalue weighted by Gasteiger charge is 2.17. The Hall–Kier alpha value is -3.75. The molecule has 170 valence electrons. The summed E-state index contributed by atoms with van der Waals surface area (Å²) in [4.78, 5) is 15.2. The number of aliphatic carboxylic acids is 1. The van der Waals surface area contributed by atoms with E-state index in [1.54, 1.807) is 18.3 Å². The van der Waals surface area contributed by atoms with E-state index < -0.39 is 17.8 Å². The smallest absolute Gasteiger partial charge is 0.304 e. The van der Waals surface area contributed by atoms with Crippen molar-refractivity contribution in [2.24, 2.45) is 5.73 Å². The van der Waals surface area contributed by atoms with Crippen LogP contribution in [0.2, 0.25) is 0 Å². The predicted octanol–water partition coefficient (Wildman–Crippen LogP) is 4.84. The number of hydrogen-bond donors (Lipinski definition) is 3. The quantitative estimate of drug-likeness (QED) is 0.341. The number of carboxylic acids is 1. The van der Waals surface area contributed by atoms with Crippen LogP contribution >= 0.6 is 12.4 Å². The molecule has 0 spiro atoms. The second-order valence-electron chi connectivity index (χ2n) is 7.33. The topological polar surface area (TPSA) is 114 Å². The number of halogens is 2. The van der Waals surface area contributed by atoms with Gasteiger partial charge >= 0.3 is 5.97 Å². The van der Waals surface area contributed by atoms with E-state index in [0.717, 1.165) is 11.1 Å². The Morgan fingerprint density at radius 1 is 1.09 bits per heavy atom. The Labute approximate surface area is 195 Å². The first-order valence-corrected chi connectivity index (χ1v) is 9.98. The molecule has 4 aromatic rings. The molecule has 7 nitrogen and oxygen atoms in total. The van der Waals surface area contributed by atoms with Crippen molar-refractivity contribution < 1.29 is 19.0 Å². The van der Waals surface area contributed by atoms with Gasteiger partial charge in [-0.2, -0.15) is 5.10 Å². The number of rotatable bonds is 8. The summed E-state index contributed by atoms with van der Waals surface area (Å²) in [5.41, 5.74) is 9.77. The highest BCUT2D eigenvalue weighted by Crippen LogP contribution is 2.32. The van der Waals surface area contributed by atoms with E-state index in [-0.39, 0.29) is 31.1 Å². The molecule has 2 aromatic carbocycles. The van der Waals surface area contributed by atoms with Crippen molar-refractivity contribution in [1.29, 1.82) is 0 Å². The van der Waals surface area contributed by atoms with Crippen molar-refractivity contribution in [2.45, 2.75) is 18.9 Å². The first-order valence-electron chi connectivity index (χ1n) is 9.98. The maximum atomic E-state index is 14.7. The lowest BCUT2D eigenvalue weighted by atomic mass is 9.97. The Balaban J connectivity index is 0.00000306. The molecular weight excluding hydrogens is 447 g/mol. The number of aromatic nitrogens is 3. The molecule has 4 rings (SSSR count). The van der Waals surface area contributed by atoms with E-state index in [1.165, 1.54) is 12.3 Å². The van der Waals surface area contributed by atoms with E-state index >= 15 is 0 Å². The molecule has 2 heterocycles. The third-order valence-electron chi connectivity index (χ3n) is 4.91. The lowest BCUT2D eigenvalue weighted by Gasteiger charge is -2.16. The van der Waals surface area contributed by atoms with Crippen LogP contribution in [0.5, 0.6) is 11.6 Å². The van der Waals surface area contributed by atoms with Crippen LogP contribution in [-0.2, 0) is 11.2 Å². The minimum Gasteiger partial charge on any atom is -0.481 e. The molecule has 9 heteroatoms. The third kappa shape index (κ3) is 5.94. The third-order valence-corrected chi connectivity index (χ3v) is 4.91. The van der Waals surface area contributed by atoms with Gasteiger partial charge in [-0.05, 0) is 47.4 Å². The molecule has 0 amide bonds. The lowest BCUT2D eigenvalue weighted by Crippen LogP contribution is -2.26. The Kier molecular flexibility index (Phi) is 7.76. The van der Waals surface area contributed by atoms with Gasteiger partial charge in [0.25, 0.3) is 5.88 Å². The van der Waals surface area contributed by atoms with Crippen LogP contribution < -0.4 is 10.5 Å². The number of carbonyl (C=O) groups is 1. The van der Waals surface area contributed by atoms with Crippen molar-refractivity contribution in [2.75, 3.05) is 0 Å². The van der Waals surface area contributed by atoms with Crippen LogP contribution in [0.3, 0.4) is 0 Å². The minimum absolute atomic E-state index is 0. The normalized spacial score (nSPS) is 11.5. The highest BCUT2D eigenvalue weighted by molar-refractivity contribution is 5.85. The van der Waals surface area contributed by atoms with Gasteiger partial charge in [0.15, 0.2) is 5.82 Å². The van der Waals surface area contributed by atoms with Crippen LogP contribution in [0.15, 0.2) is 73.1 Å². The first kappa shape index (κ1) is 23.9. The van der Waals surface area contributed by atoms with E-state index in [2.05, 4.69) is 15.2 Å². The lowest BCUT2D eigenvalue weighted by molar-refractivity contribution is -0.137. The summed E-state index contributed by atoms with van der Waals surface area (Å²) < 4.78 is 20.5. The molecule has 1 atom stereocenters. The van der Waals surface area contributed by atoms with Crippen molar-refractivity contribution in [1.82, 2.24) is 15.2 Å². The van der Waals surface area contributed by atoms with Crippen molar-refractivity contribution >= 4 is 18.4 Å². The molecule has 0 aliphatic rings. The van der Waals surface area contributed by atoms with Crippen LogP contribution in [0.25, 0.3) is 22.4 Å². The van der Waals surface area contributed by atoms with E-state index in [4.69, 9.17) is 15.6 Å². The molecule has 0 bridgehead atoms. The molecule has 0 saturated heterocycles. The fourth-order valence-electron chi connectivity index (χ4n) is 3.40. The Morgan fingerprint density at radius 3 is 2.55 bits per heavy atom. The predicted molar refractivity (Wildman–Crippen MR) is 125 cm³/mol. The molecule has 2 aromatic heterocycles. The number of pyridine rings is 1. The zero-order chi connectivity index (χ0) is 22.5. The van der Waals surface area contributed by atoms with Gasteiger partial charge in [0, 0.05) is 24.0 Å². The summed E-state index contributed by atoms with van der Waals surface area (Å²) in [5, 5.41) is 15.7. The summed E-state index contributed by atoms with van der Waals surface area (Å²) in [5.74, 6) is -1.44. The molecule has 33 heavy (non-hydrogen) atoms. The maximum absolute atomic E-state index is 14.7. The first-order chi connectivity index (χ1) is 15.5. The van der Waals surface area contributed by atoms with Crippen LogP contribution in [0, 0.1) is 5.82 Å². The van der Waals surface area contributed by atoms with E-state index in [1.807, 2.05) is 42.5 Å². The van der Waals surface area contributed by atoms with Crippen LogP contribution in [-0.4, -0.2) is 32.3 Å². The van der Waals surface area contributed by atoms with Gasteiger partial charge in [-0.15, -0.1) is 12.4 Å². The van der Waals surface area contributed by atoms with Crippen LogP contribution in [0.1, 0.15) is 12.0 Å². The number of nitrogens with zero attached hydrogens (tertiary/aromatic N) is 2. The highest BCUT2D eigenvalue weighted by atomic mass is 35.5. The molecule has 0 fully saturated rings. The van der Waals surface area contributed by atoms with Gasteiger partial charge in [0.2, 0.25) is 0 Å². The molecular formula is C24H22ClFN4O3. The van der Waals surface area contributed by atoms with Crippen molar-refractivity contribution in [3.63, 3.8) is 0 Å². The summed E-state index contributed by atoms with van der Waals surface area (Å²) in [6.07, 6.45) is 3.11. The van der Waals surface area contributed by atoms with E-state index in [9.17, 15) is 9.18 Å². The maximum Gasteiger partial charge on any atom is 0.304 e. The number of hydrogen-bond acceptors (Lipinski definition) is 5. The molecule has 0 aliphatic carbocycles. The number of H-pyrrole nitrogens is 1. The van der Waals surface area contributed by atoms with Gasteiger partial charge in [0.05, 0.1) is 12.1 Å². The largest absolute Gasteiger partial charge is 0.481 e. The second kappa shape index (κ2) is 10.7. The summed E-state index contributed by atoms with van der Waals surface area (Å²) in [6.45, 7) is 0. The van der Waals surface area contributed by atoms with Gasteiger partial charge < -0.3 is 15.6 Å². The zero-order valence-corrected chi connectivity index (χ0v) is 18.3. The van der Waals surface area contributed by atoms with Gasteiger partial charge in [-0.3, -0.25) is 9.89 Å². The molecule has 0 saturated carbocycles. The minimum atomic E-state index is -0.985. The molecule has 0 radical (unpaired) electrons. The number of aromatic amines is 1. The summed E-state index contributed by atoms with van der Waals surface area (Å²) in [7, 11) is 0. The second-order valence-corrected chi connectivity index (χ2v) is 7.33. The number of nitrogens with one attached hydrogen (secondary N) is 1. The van der Waals surface area contributed by atoms with E-state index in [0.29, 0.717) is 22.6 Å². The number of nitrogens with two attached hydrogens (primary N) is 1. The molecule has 4 N–H and O–H groups in total. The molecule has 0 aliphatic heterocycles. The number of benzene rings is 2. The van der Waals surface area contributed by atoms with Crippen LogP contribution in [0.4, 0.5) is 4.39 Å². The average Bonchev–Trinajstić information content (AvgIpc) is 3.31. The fraction of sp³-hybridized carbons (Fsp3) is 0.125. The standard InChI is InChI=1S/C24H21FN4O3.ClH/c25-20-12-18(21-8-9-28-29-21)14-27-24(20)32-22-7-6-16(15-4-2-1-3-5-15)10-17(22)11-19(26)13-23(30)31;/h1-10,12,14,19H,11,13,26H2,(H,28,29)(H,30,31);1H/t19-;/m0./s1. The Morgan fingerprint density at radius 2 is 1.88 bits per heavy atom. The van der Waals surface area contributed by atoms with Crippen molar-refractivity contribution in [3.8, 4) is 34.0 Å². The van der Waals surface area contributed by atoms with Crippen molar-refractivity contribution in [3.05, 3.63) is 84.4 Å². The monoisotopic (exact) mass is 468 g/mol. The average molecular weight is 469 g/mol. The Bertz CT molecular complexity index is 1220. The van der Waals surface area contributed by atoms with Gasteiger partial charge in [-0.1, -0.05) is 36.4 Å². The molecule has 0 unspecified atom stereocenters. The number of ether oxygens (including phenoxy) is 1. The fourth-order valence-corrected chi connectivity index (χ4v) is 3.40.